The molecule has 9 heteroatoms. The first-order valence-corrected chi connectivity index (χ1v) is 25.6. The molecule has 0 rings (SSSR count). The van der Waals surface area contributed by atoms with Crippen LogP contribution in [-0.2, 0) is 18.4 Å². The summed E-state index contributed by atoms with van der Waals surface area (Å²) >= 11 is 0. The van der Waals surface area contributed by atoms with Crippen molar-refractivity contribution in [2.75, 3.05) is 40.9 Å². The Morgan fingerprint density at radius 1 is 0.589 bits per heavy atom. The zero-order valence-electron chi connectivity index (χ0n) is 37.9. The van der Waals surface area contributed by atoms with Crippen LogP contribution in [0.4, 0.5) is 0 Å². The van der Waals surface area contributed by atoms with Crippen molar-refractivity contribution in [2.45, 2.75) is 244 Å². The molecule has 0 aromatic carbocycles. The molecule has 0 aliphatic heterocycles. The fourth-order valence-electron chi connectivity index (χ4n) is 7.16. The van der Waals surface area contributed by atoms with Crippen molar-refractivity contribution in [1.29, 1.82) is 0 Å². The lowest BCUT2D eigenvalue weighted by Gasteiger charge is -2.25. The standard InChI is InChI=1S/C47H95N2O6P/c1-6-8-10-12-14-15-16-17-18-19-20-21-22-23-24-25-26-27-28-29-30-31-32-33-34-35-36-38-40-46(50)45(48-47(51)41-39-37-13-11-9-7-2)44-55-56(52,53)54-43-42-49(3,4)5/h38,40,45-46,50H,6-37,39,41-44H2,1-5H3,(H-,48,51,52,53)/p+1/b40-38+. The maximum absolute atomic E-state index is 12.7. The van der Waals surface area contributed by atoms with Gasteiger partial charge >= 0.3 is 7.82 Å². The van der Waals surface area contributed by atoms with Gasteiger partial charge in [0.15, 0.2) is 0 Å². The van der Waals surface area contributed by atoms with E-state index in [1.807, 2.05) is 27.2 Å². The van der Waals surface area contributed by atoms with Gasteiger partial charge in [-0.2, -0.15) is 0 Å². The minimum atomic E-state index is -4.32. The Hall–Kier alpha value is -0.760. The van der Waals surface area contributed by atoms with Crippen molar-refractivity contribution < 1.29 is 32.9 Å². The van der Waals surface area contributed by atoms with Gasteiger partial charge in [0.05, 0.1) is 39.9 Å². The first-order valence-electron chi connectivity index (χ1n) is 24.1. The van der Waals surface area contributed by atoms with Gasteiger partial charge in [-0.1, -0.05) is 219 Å². The van der Waals surface area contributed by atoms with Crippen LogP contribution in [0, 0.1) is 0 Å². The Kier molecular flexibility index (Phi) is 39.1. The molecule has 334 valence electrons. The minimum absolute atomic E-state index is 0.0639. The fourth-order valence-corrected chi connectivity index (χ4v) is 7.90. The number of nitrogens with one attached hydrogen (secondary N) is 1. The van der Waals surface area contributed by atoms with Crippen molar-refractivity contribution in [1.82, 2.24) is 5.32 Å². The lowest BCUT2D eigenvalue weighted by atomic mass is 10.0. The van der Waals surface area contributed by atoms with Crippen molar-refractivity contribution in [3.05, 3.63) is 12.2 Å². The third-order valence-electron chi connectivity index (χ3n) is 11.0. The summed E-state index contributed by atoms with van der Waals surface area (Å²) in [7, 11) is 1.58. The number of aliphatic hydroxyl groups is 1. The molecule has 0 saturated carbocycles. The number of likely N-dealkylation sites (N-methyl/N-ethyl adjacent to an activating group) is 1. The Morgan fingerprint density at radius 2 is 0.946 bits per heavy atom. The second-order valence-electron chi connectivity index (χ2n) is 17.8. The molecule has 3 N–H and O–H groups in total. The van der Waals surface area contributed by atoms with Crippen LogP contribution < -0.4 is 5.32 Å². The molecule has 0 aromatic rings. The van der Waals surface area contributed by atoms with Gasteiger partial charge in [-0.25, -0.2) is 4.57 Å². The van der Waals surface area contributed by atoms with E-state index in [2.05, 4.69) is 19.2 Å². The molecule has 0 bridgehead atoms. The highest BCUT2D eigenvalue weighted by molar-refractivity contribution is 7.47. The summed E-state index contributed by atoms with van der Waals surface area (Å²) in [6.45, 7) is 4.76. The van der Waals surface area contributed by atoms with Crippen molar-refractivity contribution >= 4 is 13.7 Å². The van der Waals surface area contributed by atoms with Crippen LogP contribution in [0.25, 0.3) is 0 Å². The van der Waals surface area contributed by atoms with Gasteiger partial charge < -0.3 is 19.8 Å². The lowest BCUT2D eigenvalue weighted by Crippen LogP contribution is -2.45. The summed E-state index contributed by atoms with van der Waals surface area (Å²) in [4.78, 5) is 22.9. The Bertz CT molecular complexity index is 927. The number of rotatable bonds is 44. The van der Waals surface area contributed by atoms with E-state index in [0.29, 0.717) is 17.4 Å². The number of quaternary nitrogens is 1. The molecule has 3 atom stereocenters. The summed E-state index contributed by atoms with van der Waals surface area (Å²) in [5, 5.41) is 13.7. The average Bonchev–Trinajstić information content (AvgIpc) is 3.15. The number of carbonyl (C=O) groups is 1. The van der Waals surface area contributed by atoms with Crippen LogP contribution in [0.3, 0.4) is 0 Å². The molecule has 0 heterocycles. The number of nitrogens with zero attached hydrogens (tertiary/aromatic N) is 1. The summed E-state index contributed by atoms with van der Waals surface area (Å²) < 4.78 is 23.4. The molecule has 0 spiro atoms. The number of aliphatic hydroxyl groups excluding tert-OH is 1. The topological polar surface area (TPSA) is 105 Å². The van der Waals surface area contributed by atoms with E-state index in [-0.39, 0.29) is 19.1 Å². The number of hydrogen-bond acceptors (Lipinski definition) is 5. The largest absolute Gasteiger partial charge is 0.472 e. The predicted octanol–water partition coefficient (Wildman–Crippen LogP) is 13.5. The smallest absolute Gasteiger partial charge is 0.387 e. The number of phosphoric acid groups is 1. The normalized spacial score (nSPS) is 14.3. The van der Waals surface area contributed by atoms with Gasteiger partial charge in [-0.15, -0.1) is 0 Å². The van der Waals surface area contributed by atoms with Crippen LogP contribution >= 0.6 is 7.82 Å². The van der Waals surface area contributed by atoms with Crippen LogP contribution in [-0.4, -0.2) is 73.4 Å². The molecule has 3 unspecified atom stereocenters. The molecule has 0 radical (unpaired) electrons. The SMILES string of the molecule is CCCCCCCCCCCCCCCCCCCCCCCCCCCC/C=C/C(O)C(COP(=O)(O)OCC[N+](C)(C)C)NC(=O)CCCCCCCC. The Labute approximate surface area is 348 Å². The second kappa shape index (κ2) is 39.7. The summed E-state index contributed by atoms with van der Waals surface area (Å²) in [5.74, 6) is -0.185. The van der Waals surface area contributed by atoms with Crippen LogP contribution in [0.15, 0.2) is 12.2 Å². The van der Waals surface area contributed by atoms with E-state index in [4.69, 9.17) is 9.05 Å². The predicted molar refractivity (Wildman–Crippen MR) is 240 cm³/mol. The Balaban J connectivity index is 3.99. The third kappa shape index (κ3) is 41.4. The third-order valence-corrected chi connectivity index (χ3v) is 12.0. The highest BCUT2D eigenvalue weighted by atomic mass is 31.2. The fraction of sp³-hybridized carbons (Fsp3) is 0.936. The number of unbranched alkanes of at least 4 members (excludes halogenated alkanes) is 31. The van der Waals surface area contributed by atoms with Crippen LogP contribution in [0.5, 0.6) is 0 Å². The maximum Gasteiger partial charge on any atom is 0.472 e. The molecule has 0 fully saturated rings. The molecule has 8 nitrogen and oxygen atoms in total. The summed E-state index contributed by atoms with van der Waals surface area (Å²) in [5.41, 5.74) is 0. The number of allylic oxidation sites excluding steroid dienone is 1. The zero-order valence-corrected chi connectivity index (χ0v) is 38.8. The van der Waals surface area contributed by atoms with Crippen LogP contribution in [0.1, 0.15) is 232 Å². The summed E-state index contributed by atoms with van der Waals surface area (Å²) in [6, 6.07) is -0.838. The van der Waals surface area contributed by atoms with Gasteiger partial charge in [-0.3, -0.25) is 13.8 Å². The molecule has 0 aliphatic rings. The number of carbonyl (C=O) groups excluding carboxylic acids is 1. The summed E-state index contributed by atoms with van der Waals surface area (Å²) in [6.07, 6.45) is 46.2. The monoisotopic (exact) mass is 816 g/mol. The minimum Gasteiger partial charge on any atom is -0.387 e. The molecule has 1 amide bonds. The number of phosphoric ester groups is 1. The highest BCUT2D eigenvalue weighted by Crippen LogP contribution is 2.43. The van der Waals surface area contributed by atoms with Crippen molar-refractivity contribution in [3.63, 3.8) is 0 Å². The van der Waals surface area contributed by atoms with Gasteiger partial charge in [-0.05, 0) is 19.3 Å². The first kappa shape index (κ1) is 55.2. The van der Waals surface area contributed by atoms with Gasteiger partial charge in [0.1, 0.15) is 13.2 Å². The van der Waals surface area contributed by atoms with Crippen LogP contribution in [0.2, 0.25) is 0 Å². The molecular weight excluding hydrogens is 719 g/mol. The van der Waals surface area contributed by atoms with E-state index in [0.717, 1.165) is 32.1 Å². The number of amides is 1. The van der Waals surface area contributed by atoms with E-state index < -0.39 is 20.0 Å². The molecule has 0 saturated heterocycles. The van der Waals surface area contributed by atoms with Gasteiger partial charge in [0.2, 0.25) is 5.91 Å². The lowest BCUT2D eigenvalue weighted by molar-refractivity contribution is -0.870. The molecule has 56 heavy (non-hydrogen) atoms. The van der Waals surface area contributed by atoms with Crippen molar-refractivity contribution in [3.8, 4) is 0 Å². The highest BCUT2D eigenvalue weighted by Gasteiger charge is 2.27. The average molecular weight is 816 g/mol. The van der Waals surface area contributed by atoms with Crippen molar-refractivity contribution in [2.24, 2.45) is 0 Å². The second-order valence-corrected chi connectivity index (χ2v) is 19.3. The maximum atomic E-state index is 12.7. The first-order chi connectivity index (χ1) is 27.0. The molecular formula is C47H96N2O6P+. The van der Waals surface area contributed by atoms with Gasteiger partial charge in [0, 0.05) is 6.42 Å². The van der Waals surface area contributed by atoms with Gasteiger partial charge in [0.25, 0.3) is 0 Å². The van der Waals surface area contributed by atoms with E-state index in [1.54, 1.807) is 6.08 Å². The van der Waals surface area contributed by atoms with E-state index in [1.165, 1.54) is 180 Å². The zero-order chi connectivity index (χ0) is 41.4. The van der Waals surface area contributed by atoms with E-state index in [9.17, 15) is 19.4 Å². The quantitative estimate of drug-likeness (QED) is 0.0245. The number of hydrogen-bond donors (Lipinski definition) is 3. The Morgan fingerprint density at radius 3 is 1.32 bits per heavy atom. The molecule has 0 aromatic heterocycles. The van der Waals surface area contributed by atoms with E-state index >= 15 is 0 Å². The molecule has 0 aliphatic carbocycles.